The van der Waals surface area contributed by atoms with Gasteiger partial charge in [0, 0.05) is 35.5 Å². The summed E-state index contributed by atoms with van der Waals surface area (Å²) in [4.78, 5) is 42.9. The van der Waals surface area contributed by atoms with Crippen LogP contribution in [0, 0.1) is 28.6 Å². The molecule has 4 N–H and O–H groups in total. The average molecular weight is 879 g/mol. The highest BCUT2D eigenvalue weighted by atomic mass is 17.0. The van der Waals surface area contributed by atoms with E-state index in [0.29, 0.717) is 64.2 Å². The molecule has 0 saturated carbocycles. The number of esters is 3. The van der Waals surface area contributed by atoms with Crippen LogP contribution in [0.2, 0.25) is 0 Å². The van der Waals surface area contributed by atoms with E-state index in [2.05, 4.69) is 0 Å². The molecule has 17 heteroatoms. The highest BCUT2D eigenvalue weighted by Crippen LogP contribution is 2.57. The summed E-state index contributed by atoms with van der Waals surface area (Å²) >= 11 is 0. The summed E-state index contributed by atoms with van der Waals surface area (Å²) in [6.45, 7) is 15.1. The van der Waals surface area contributed by atoms with E-state index in [-0.39, 0.29) is 18.4 Å². The SMILES string of the molecule is CC(C)C(N)C(=O)O[C@H](C)[C@@H]1C/C=C\CC[C@H](O)C(C)(C)[C@@H]2CC[C@@H](C)[C@]3(O2)O[B-]24OC(C(=O)O1)[C@@]1(O[C@@H](CC[C@H]1C)C(C)(C)[C@H](O)CCC[C@@H]1C[C@H](OC(=O)[C@@H]3O2)[C@@H](C)O1)O4. The lowest BCUT2D eigenvalue weighted by atomic mass is 9.73. The molecule has 0 aromatic rings. The van der Waals surface area contributed by atoms with Crippen molar-refractivity contribution in [1.82, 2.24) is 0 Å². The fourth-order valence-electron chi connectivity index (χ4n) is 10.6. The third-order valence-electron chi connectivity index (χ3n) is 15.5. The second kappa shape index (κ2) is 17.9. The van der Waals surface area contributed by atoms with Gasteiger partial charge >= 0.3 is 24.9 Å². The lowest BCUT2D eigenvalue weighted by molar-refractivity contribution is -0.311. The molecule has 0 radical (unpaired) electrons. The average Bonchev–Trinajstić information content (AvgIpc) is 3.84. The molecule has 352 valence electrons. The number of nitrogens with two attached hydrogens (primary N) is 1. The Morgan fingerprint density at radius 3 is 1.90 bits per heavy atom. The maximum atomic E-state index is 15.0. The van der Waals surface area contributed by atoms with Gasteiger partial charge in [0.25, 0.3) is 0 Å². The molecule has 16 nitrogen and oxygen atoms in total. The van der Waals surface area contributed by atoms with Crippen LogP contribution in [0.25, 0.3) is 0 Å². The Balaban J connectivity index is 1.36. The predicted octanol–water partition coefficient (Wildman–Crippen LogP) is 4.89. The number of rotatable bonds is 4. The minimum atomic E-state index is -3.53. The minimum Gasteiger partial charge on any atom is -0.504 e. The summed E-state index contributed by atoms with van der Waals surface area (Å²) in [6.07, 6.45) is -0.362. The Labute approximate surface area is 366 Å². The lowest BCUT2D eigenvalue weighted by Crippen LogP contribution is -2.61. The molecular formula is C45H73BNO15-. The molecular weight excluding hydrogens is 805 g/mol. The van der Waals surface area contributed by atoms with E-state index in [4.69, 9.17) is 52.8 Å². The van der Waals surface area contributed by atoms with E-state index < -0.39 is 126 Å². The Bertz CT molecular complexity index is 1680. The van der Waals surface area contributed by atoms with Crippen LogP contribution in [0.15, 0.2) is 12.2 Å². The number of allylic oxidation sites excluding steroid dienone is 1. The zero-order valence-electron chi connectivity index (χ0n) is 38.4. The normalized spacial score (nSPS) is 46.3. The number of hydrogen-bond donors (Lipinski definition) is 3. The van der Waals surface area contributed by atoms with Gasteiger partial charge in [-0.05, 0) is 77.6 Å². The second-order valence-electron chi connectivity index (χ2n) is 20.9. The van der Waals surface area contributed by atoms with Gasteiger partial charge in [0.15, 0.2) is 23.8 Å². The number of aliphatic hydroxyl groups is 2. The molecule has 7 rings (SSSR count). The summed E-state index contributed by atoms with van der Waals surface area (Å²) in [5.41, 5.74) is 4.48. The Morgan fingerprint density at radius 1 is 0.790 bits per heavy atom. The van der Waals surface area contributed by atoms with Crippen molar-refractivity contribution >= 4 is 24.9 Å². The molecule has 7 aliphatic heterocycles. The van der Waals surface area contributed by atoms with Crippen molar-refractivity contribution in [2.24, 2.45) is 34.3 Å². The molecule has 62 heavy (non-hydrogen) atoms. The first-order chi connectivity index (χ1) is 29.0. The summed E-state index contributed by atoms with van der Waals surface area (Å²) in [5, 5.41) is 23.6. The largest absolute Gasteiger partial charge is 0.536 e. The van der Waals surface area contributed by atoms with Gasteiger partial charge in [-0.15, -0.1) is 0 Å². The maximum Gasteiger partial charge on any atom is 0.536 e. The monoisotopic (exact) mass is 879 g/mol. The third kappa shape index (κ3) is 8.78. The molecule has 9 bridgehead atoms. The molecule has 0 amide bonds. The van der Waals surface area contributed by atoms with Gasteiger partial charge in [-0.25, -0.2) is 9.59 Å². The first-order valence-corrected chi connectivity index (χ1v) is 23.3. The van der Waals surface area contributed by atoms with Crippen LogP contribution in [0.5, 0.6) is 0 Å². The quantitative estimate of drug-likeness (QED) is 0.149. The fraction of sp³-hybridized carbons (Fsp3) is 0.889. The summed E-state index contributed by atoms with van der Waals surface area (Å²) in [7, 11) is 0. The van der Waals surface area contributed by atoms with Crippen LogP contribution >= 0.6 is 0 Å². The highest BCUT2D eigenvalue weighted by Gasteiger charge is 2.73. The molecule has 7 aliphatic rings. The molecule has 3 spiro atoms. The number of hydrogen-bond acceptors (Lipinski definition) is 16. The number of aliphatic hydroxyl groups excluding tert-OH is 2. The van der Waals surface area contributed by atoms with E-state index in [9.17, 15) is 19.8 Å². The van der Waals surface area contributed by atoms with Crippen LogP contribution in [0.1, 0.15) is 140 Å². The van der Waals surface area contributed by atoms with Crippen LogP contribution in [0.3, 0.4) is 0 Å². The number of carbonyl (C=O) groups excluding carboxylic acids is 3. The third-order valence-corrected chi connectivity index (χ3v) is 15.5. The topological polar surface area (TPSA) is 210 Å². The molecule has 17 atom stereocenters. The number of cyclic esters (lactones) is 1. The zero-order chi connectivity index (χ0) is 45.2. The van der Waals surface area contributed by atoms with Crippen LogP contribution in [0.4, 0.5) is 0 Å². The molecule has 0 aromatic carbocycles. The lowest BCUT2D eigenvalue weighted by Gasteiger charge is -2.52. The predicted molar refractivity (Wildman–Crippen MR) is 223 cm³/mol. The molecule has 0 aromatic heterocycles. The Morgan fingerprint density at radius 2 is 1.34 bits per heavy atom. The van der Waals surface area contributed by atoms with Crippen molar-refractivity contribution in [1.29, 1.82) is 0 Å². The van der Waals surface area contributed by atoms with Crippen LogP contribution in [-0.2, 0) is 61.4 Å². The molecule has 6 fully saturated rings. The van der Waals surface area contributed by atoms with Gasteiger partial charge in [-0.2, -0.15) is 0 Å². The Kier molecular flexibility index (Phi) is 13.8. The van der Waals surface area contributed by atoms with E-state index in [0.717, 1.165) is 0 Å². The van der Waals surface area contributed by atoms with E-state index in [1.807, 2.05) is 74.5 Å². The summed E-state index contributed by atoms with van der Waals surface area (Å²) in [6, 6.07) is -0.902. The standard InChI is InChI=1S/C45H73BNO15/c1-24(2)36(47)39(50)54-27(5)30-16-12-11-13-17-32(48)42(7,8)34-21-19-26(4)45(57-34)38-41(52)56-31-23-29(53-28(31)6)15-14-18-33(49)43(9,10)35-22-20-25(3)44(58-35)37(40(51)55-30)59-46(60-38,61-44)62-45/h11-12,24-38,48-49H,13-23,47H2,1-10H3/q-1/b12-11-/t25-,26-,27-,28-,29-,30+,31+,32+,33-,34+,35+,36?,37?,38+,44+,45+,46?/m1/s1. The number of fused-ring (bicyclic) bond motifs is 6. The molecule has 0 aliphatic carbocycles. The second-order valence-corrected chi connectivity index (χ2v) is 20.9. The van der Waals surface area contributed by atoms with Gasteiger partial charge in [0.2, 0.25) is 0 Å². The molecule has 7 heterocycles. The summed E-state index contributed by atoms with van der Waals surface area (Å²) in [5.74, 6) is -7.31. The minimum absolute atomic E-state index is 0.142. The van der Waals surface area contributed by atoms with Crippen molar-refractivity contribution in [3.05, 3.63) is 12.2 Å². The van der Waals surface area contributed by atoms with E-state index >= 15 is 4.79 Å². The van der Waals surface area contributed by atoms with Crippen molar-refractivity contribution in [3.63, 3.8) is 0 Å². The highest BCUT2D eigenvalue weighted by molar-refractivity contribution is 6.56. The number of carbonyl (C=O) groups is 3. The first kappa shape index (κ1) is 47.8. The van der Waals surface area contributed by atoms with Crippen molar-refractivity contribution < 1.29 is 71.6 Å². The van der Waals surface area contributed by atoms with Crippen LogP contribution < -0.4 is 5.73 Å². The van der Waals surface area contributed by atoms with Crippen LogP contribution in [-0.4, -0.2) is 120 Å². The molecule has 6 saturated heterocycles. The van der Waals surface area contributed by atoms with Gasteiger partial charge in [0.1, 0.15) is 24.4 Å². The smallest absolute Gasteiger partial charge is 0.504 e. The Hall–Kier alpha value is -2.19. The van der Waals surface area contributed by atoms with Crippen molar-refractivity contribution in [2.75, 3.05) is 0 Å². The maximum absolute atomic E-state index is 15.0. The van der Waals surface area contributed by atoms with Gasteiger partial charge in [-0.3, -0.25) is 4.79 Å². The van der Waals surface area contributed by atoms with E-state index in [1.54, 1.807) is 6.92 Å². The van der Waals surface area contributed by atoms with Crippen molar-refractivity contribution in [2.45, 2.75) is 225 Å². The van der Waals surface area contributed by atoms with Gasteiger partial charge in [-0.1, -0.05) is 67.5 Å². The zero-order valence-corrected chi connectivity index (χ0v) is 38.4. The summed E-state index contributed by atoms with van der Waals surface area (Å²) < 4.78 is 66.0. The van der Waals surface area contributed by atoms with E-state index in [1.165, 1.54) is 0 Å². The first-order valence-electron chi connectivity index (χ1n) is 23.3. The van der Waals surface area contributed by atoms with Crippen molar-refractivity contribution in [3.8, 4) is 0 Å². The van der Waals surface area contributed by atoms with Gasteiger partial charge < -0.3 is 63.0 Å². The number of ether oxygens (including phenoxy) is 6. The molecule has 3 unspecified atom stereocenters. The van der Waals surface area contributed by atoms with Gasteiger partial charge in [0.05, 0.1) is 36.6 Å². The fourth-order valence-corrected chi connectivity index (χ4v) is 10.6.